The second-order valence-corrected chi connectivity index (χ2v) is 4.23. The van der Waals surface area contributed by atoms with Crippen LogP contribution in [0, 0.1) is 0 Å². The van der Waals surface area contributed by atoms with Gasteiger partial charge in [-0.15, -0.1) is 0 Å². The van der Waals surface area contributed by atoms with E-state index in [0.717, 1.165) is 0 Å². The molecule has 0 aliphatic heterocycles. The second-order valence-electron chi connectivity index (χ2n) is 4.23. The van der Waals surface area contributed by atoms with Crippen molar-refractivity contribution < 1.29 is 24.5 Å². The van der Waals surface area contributed by atoms with Crippen molar-refractivity contribution >= 4 is 17.8 Å². The molecule has 0 radical (unpaired) electrons. The fourth-order valence-corrected chi connectivity index (χ4v) is 0.772. The maximum Gasteiger partial charge on any atom is 0.303 e. The molecule has 0 spiro atoms. The molecule has 0 amide bonds. The molecular weight excluding hydrogens is 214 g/mol. The van der Waals surface area contributed by atoms with Crippen molar-refractivity contribution in [1.29, 1.82) is 0 Å². The number of ether oxygens (including phenoxy) is 1. The summed E-state index contributed by atoms with van der Waals surface area (Å²) < 4.78 is 4.84. The van der Waals surface area contributed by atoms with E-state index in [9.17, 15) is 14.7 Å². The van der Waals surface area contributed by atoms with Gasteiger partial charge in [-0.05, 0) is 0 Å². The molecule has 0 aromatic rings. The first kappa shape index (κ1) is 14.4. The SMILES string of the molecule is CC(C)(C)OC([O-])=NCC(=O)CCC(=O)O. The normalized spacial score (nSPS) is 12.3. The van der Waals surface area contributed by atoms with Crippen LogP contribution in [0.3, 0.4) is 0 Å². The summed E-state index contributed by atoms with van der Waals surface area (Å²) in [7, 11) is 0. The summed E-state index contributed by atoms with van der Waals surface area (Å²) in [6, 6.07) is 0. The van der Waals surface area contributed by atoms with Gasteiger partial charge in [0.25, 0.3) is 0 Å². The molecule has 0 atom stereocenters. The molecule has 0 fully saturated rings. The van der Waals surface area contributed by atoms with E-state index in [0.29, 0.717) is 0 Å². The van der Waals surface area contributed by atoms with E-state index in [-0.39, 0.29) is 19.4 Å². The molecule has 0 saturated carbocycles. The Bertz CT molecular complexity index is 290. The van der Waals surface area contributed by atoms with Crippen molar-refractivity contribution in [2.24, 2.45) is 4.99 Å². The molecule has 92 valence electrons. The van der Waals surface area contributed by atoms with E-state index >= 15 is 0 Å². The molecule has 0 heterocycles. The van der Waals surface area contributed by atoms with E-state index < -0.39 is 23.4 Å². The average Bonchev–Trinajstić information content (AvgIpc) is 2.08. The van der Waals surface area contributed by atoms with Crippen LogP contribution in [0.15, 0.2) is 4.99 Å². The summed E-state index contributed by atoms with van der Waals surface area (Å²) >= 11 is 0. The Hall–Kier alpha value is -1.59. The molecule has 6 nitrogen and oxygen atoms in total. The van der Waals surface area contributed by atoms with Crippen LogP contribution in [0.5, 0.6) is 0 Å². The third-order valence-electron chi connectivity index (χ3n) is 1.40. The number of nitrogens with zero attached hydrogens (tertiary/aromatic N) is 1. The number of Topliss-reactive ketones (excluding diaryl/α,β-unsaturated/α-hetero) is 1. The first-order chi connectivity index (χ1) is 7.20. The lowest BCUT2D eigenvalue weighted by atomic mass is 10.2. The van der Waals surface area contributed by atoms with E-state index in [1.54, 1.807) is 20.8 Å². The van der Waals surface area contributed by atoms with Crippen LogP contribution in [-0.2, 0) is 14.3 Å². The summed E-state index contributed by atoms with van der Waals surface area (Å²) in [5.74, 6) is -1.45. The van der Waals surface area contributed by atoms with Gasteiger partial charge in [0.05, 0.1) is 13.0 Å². The zero-order valence-electron chi connectivity index (χ0n) is 9.65. The van der Waals surface area contributed by atoms with Crippen molar-refractivity contribution in [3.8, 4) is 0 Å². The van der Waals surface area contributed by atoms with Gasteiger partial charge in [-0.2, -0.15) is 0 Å². The Balaban J connectivity index is 3.97. The van der Waals surface area contributed by atoms with Crippen LogP contribution in [0.1, 0.15) is 33.6 Å². The smallest absolute Gasteiger partial charge is 0.303 e. The minimum atomic E-state index is -1.05. The van der Waals surface area contributed by atoms with Gasteiger partial charge in [-0.25, -0.2) is 0 Å². The number of carbonyl (C=O) groups excluding carboxylic acids is 1. The van der Waals surface area contributed by atoms with Crippen molar-refractivity contribution in [3.05, 3.63) is 0 Å². The van der Waals surface area contributed by atoms with Gasteiger partial charge >= 0.3 is 5.97 Å². The molecule has 0 aromatic carbocycles. The van der Waals surface area contributed by atoms with Gasteiger partial charge in [-0.1, -0.05) is 20.8 Å². The highest BCUT2D eigenvalue weighted by Gasteiger charge is 2.06. The summed E-state index contributed by atoms with van der Waals surface area (Å²) in [5, 5.41) is 19.4. The van der Waals surface area contributed by atoms with Gasteiger partial charge in [0, 0.05) is 12.0 Å². The molecular formula is C10H16NO5-. The van der Waals surface area contributed by atoms with Crippen LogP contribution in [0.2, 0.25) is 0 Å². The summed E-state index contributed by atoms with van der Waals surface area (Å²) in [5.41, 5.74) is -0.648. The molecule has 0 aliphatic carbocycles. The van der Waals surface area contributed by atoms with Crippen LogP contribution in [0.4, 0.5) is 0 Å². The highest BCUT2D eigenvalue weighted by molar-refractivity contribution is 5.85. The fraction of sp³-hybridized carbons (Fsp3) is 0.700. The van der Waals surface area contributed by atoms with Crippen molar-refractivity contribution in [1.82, 2.24) is 0 Å². The average molecular weight is 230 g/mol. The zero-order chi connectivity index (χ0) is 12.8. The number of carbonyl (C=O) groups is 2. The third-order valence-corrected chi connectivity index (χ3v) is 1.40. The molecule has 16 heavy (non-hydrogen) atoms. The zero-order valence-corrected chi connectivity index (χ0v) is 9.65. The maximum absolute atomic E-state index is 11.1. The number of rotatable bonds is 5. The maximum atomic E-state index is 11.1. The Morgan fingerprint density at radius 3 is 2.31 bits per heavy atom. The van der Waals surface area contributed by atoms with Gasteiger partial charge in [-0.3, -0.25) is 14.6 Å². The molecule has 0 saturated heterocycles. The minimum absolute atomic E-state index is 0.123. The highest BCUT2D eigenvalue weighted by Crippen LogP contribution is 2.05. The predicted molar refractivity (Wildman–Crippen MR) is 55.0 cm³/mol. The first-order valence-corrected chi connectivity index (χ1v) is 4.84. The largest absolute Gasteiger partial charge is 0.595 e. The van der Waals surface area contributed by atoms with Crippen molar-refractivity contribution in [3.63, 3.8) is 0 Å². The molecule has 0 rings (SSSR count). The number of carboxylic acid groups (broad SMARTS) is 1. The lowest BCUT2D eigenvalue weighted by molar-refractivity contribution is -0.260. The topological polar surface area (TPSA) is 99.0 Å². The number of hydrogen-bond acceptors (Lipinski definition) is 5. The molecule has 6 heteroatoms. The third kappa shape index (κ3) is 8.98. The predicted octanol–water partition coefficient (Wildman–Crippen LogP) is -0.0483. The number of hydrogen-bond donors (Lipinski definition) is 1. The Morgan fingerprint density at radius 2 is 1.88 bits per heavy atom. The number of aliphatic imine (C=N–C) groups is 1. The summed E-state index contributed by atoms with van der Waals surface area (Å²) in [6.45, 7) is 4.73. The second kappa shape index (κ2) is 6.09. The lowest BCUT2D eigenvalue weighted by Gasteiger charge is -2.29. The monoisotopic (exact) mass is 230 g/mol. The quantitative estimate of drug-likeness (QED) is 0.527. The van der Waals surface area contributed by atoms with Crippen LogP contribution in [-0.4, -0.2) is 35.1 Å². The summed E-state index contributed by atoms with van der Waals surface area (Å²) in [6.07, 6.45) is -1.18. The summed E-state index contributed by atoms with van der Waals surface area (Å²) in [4.78, 5) is 24.6. The van der Waals surface area contributed by atoms with Gasteiger partial charge in [0.1, 0.15) is 6.08 Å². The highest BCUT2D eigenvalue weighted by atomic mass is 16.6. The number of ketones is 1. The Kier molecular flexibility index (Phi) is 5.49. The molecule has 0 aliphatic rings. The fourth-order valence-electron chi connectivity index (χ4n) is 0.772. The van der Waals surface area contributed by atoms with E-state index in [1.807, 2.05) is 0 Å². The molecule has 0 unspecified atom stereocenters. The van der Waals surface area contributed by atoms with Crippen LogP contribution < -0.4 is 5.11 Å². The van der Waals surface area contributed by atoms with E-state index in [2.05, 4.69) is 4.99 Å². The standard InChI is InChI=1S/C10H17NO5/c1-10(2,3)16-9(15)11-6-7(12)4-5-8(13)14/h4-6H2,1-3H3,(H,11,15)(H,13,14)/p-1. The van der Waals surface area contributed by atoms with Crippen LogP contribution in [0.25, 0.3) is 0 Å². The Morgan fingerprint density at radius 1 is 1.31 bits per heavy atom. The van der Waals surface area contributed by atoms with Crippen LogP contribution >= 0.6 is 0 Å². The van der Waals surface area contributed by atoms with E-state index in [1.165, 1.54) is 0 Å². The van der Waals surface area contributed by atoms with E-state index in [4.69, 9.17) is 9.84 Å². The number of carboxylic acids is 1. The van der Waals surface area contributed by atoms with Crippen molar-refractivity contribution in [2.75, 3.05) is 6.54 Å². The molecule has 0 bridgehead atoms. The lowest BCUT2D eigenvalue weighted by Crippen LogP contribution is -2.32. The number of aliphatic carboxylic acids is 1. The minimum Gasteiger partial charge on any atom is -0.595 e. The Labute approximate surface area is 93.9 Å². The molecule has 1 N–H and O–H groups in total. The first-order valence-electron chi connectivity index (χ1n) is 4.84. The van der Waals surface area contributed by atoms with Gasteiger partial charge in [0.2, 0.25) is 0 Å². The van der Waals surface area contributed by atoms with Gasteiger partial charge in [0.15, 0.2) is 5.78 Å². The van der Waals surface area contributed by atoms with Gasteiger partial charge < -0.3 is 14.9 Å². The van der Waals surface area contributed by atoms with Crippen molar-refractivity contribution in [2.45, 2.75) is 39.2 Å². The molecule has 0 aromatic heterocycles.